The van der Waals surface area contributed by atoms with E-state index in [1.165, 1.54) is 0 Å². The molecule has 4 heterocycles. The van der Waals surface area contributed by atoms with Crippen LogP contribution in [-0.2, 0) is 4.74 Å². The summed E-state index contributed by atoms with van der Waals surface area (Å²) in [6.07, 6.45) is 5.32. The molecule has 8 nitrogen and oxygen atoms in total. The van der Waals surface area contributed by atoms with E-state index in [1.807, 2.05) is 25.1 Å². The van der Waals surface area contributed by atoms with E-state index < -0.39 is 0 Å². The predicted molar refractivity (Wildman–Crippen MR) is 137 cm³/mol. The van der Waals surface area contributed by atoms with Crippen molar-refractivity contribution >= 4 is 5.91 Å². The van der Waals surface area contributed by atoms with Gasteiger partial charge in [-0.05, 0) is 56.9 Å². The molecule has 0 saturated carbocycles. The molecule has 192 valence electrons. The monoisotopic (exact) mass is 492 g/mol. The van der Waals surface area contributed by atoms with Gasteiger partial charge < -0.3 is 24.4 Å². The summed E-state index contributed by atoms with van der Waals surface area (Å²) in [7, 11) is 2.12. The first kappa shape index (κ1) is 26.1. The number of amides is 1. The number of carbonyl (C=O) groups is 1. The van der Waals surface area contributed by atoms with Crippen molar-refractivity contribution in [2.45, 2.75) is 38.8 Å². The third-order valence-corrected chi connectivity index (χ3v) is 6.92. The number of pyridine rings is 2. The third kappa shape index (κ3) is 6.61. The number of aliphatic hydroxyl groups is 1. The molecule has 8 heteroatoms. The molecule has 2 aliphatic rings. The highest BCUT2D eigenvalue weighted by molar-refractivity contribution is 5.97. The molecule has 2 aromatic rings. The van der Waals surface area contributed by atoms with Crippen LogP contribution >= 0.6 is 0 Å². The molecule has 0 unspecified atom stereocenters. The minimum Gasteiger partial charge on any atom is -0.472 e. The van der Waals surface area contributed by atoms with Crippen LogP contribution in [0.5, 0.6) is 5.88 Å². The van der Waals surface area contributed by atoms with E-state index in [0.29, 0.717) is 35.2 Å². The van der Waals surface area contributed by atoms with Crippen LogP contribution < -0.4 is 4.74 Å². The summed E-state index contributed by atoms with van der Waals surface area (Å²) in [4.78, 5) is 26.4. The number of likely N-dealkylation sites (N-methyl/N-ethyl adjacent to an activating group) is 1. The summed E-state index contributed by atoms with van der Waals surface area (Å²) < 4.78 is 11.9. The van der Waals surface area contributed by atoms with Crippen molar-refractivity contribution in [3.8, 4) is 17.7 Å². The Morgan fingerprint density at radius 2 is 2.03 bits per heavy atom. The molecule has 0 aliphatic carbocycles. The molecule has 36 heavy (non-hydrogen) atoms. The molecule has 1 fully saturated rings. The molecule has 0 bridgehead atoms. The summed E-state index contributed by atoms with van der Waals surface area (Å²) in [6, 6.07) is 6.95. The fourth-order valence-corrected chi connectivity index (χ4v) is 4.71. The first-order valence-corrected chi connectivity index (χ1v) is 12.7. The number of fused-ring (bicyclic) bond motifs is 1. The average molecular weight is 493 g/mol. The number of aromatic nitrogens is 2. The second kappa shape index (κ2) is 12.3. The normalized spacial score (nSPS) is 21.6. The number of carbonyl (C=O) groups excluding carboxylic acids is 1. The lowest BCUT2D eigenvalue weighted by Crippen LogP contribution is -2.50. The molecular formula is C28H36N4O4. The summed E-state index contributed by atoms with van der Waals surface area (Å²) in [5.41, 5.74) is 1.62. The molecule has 0 radical (unpaired) electrons. The molecule has 1 amide bonds. The summed E-state index contributed by atoms with van der Waals surface area (Å²) >= 11 is 0. The third-order valence-electron chi connectivity index (χ3n) is 6.92. The van der Waals surface area contributed by atoms with Crippen LogP contribution in [0.25, 0.3) is 0 Å². The van der Waals surface area contributed by atoms with Crippen LogP contribution in [0.2, 0.25) is 0 Å². The van der Waals surface area contributed by atoms with E-state index in [-0.39, 0.29) is 30.6 Å². The van der Waals surface area contributed by atoms with E-state index in [4.69, 9.17) is 9.47 Å². The Labute approximate surface area is 213 Å². The highest BCUT2D eigenvalue weighted by Crippen LogP contribution is 2.27. The zero-order chi connectivity index (χ0) is 25.5. The van der Waals surface area contributed by atoms with Crippen LogP contribution in [0.3, 0.4) is 0 Å². The quantitative estimate of drug-likeness (QED) is 0.620. The van der Waals surface area contributed by atoms with Gasteiger partial charge in [0, 0.05) is 56.7 Å². The van der Waals surface area contributed by atoms with Gasteiger partial charge in [0.25, 0.3) is 5.91 Å². The zero-order valence-corrected chi connectivity index (χ0v) is 21.4. The summed E-state index contributed by atoms with van der Waals surface area (Å²) in [5.74, 6) is 6.85. The van der Waals surface area contributed by atoms with Gasteiger partial charge in [0.15, 0.2) is 0 Å². The van der Waals surface area contributed by atoms with Crippen LogP contribution in [0.4, 0.5) is 0 Å². The maximum Gasteiger partial charge on any atom is 0.259 e. The average Bonchev–Trinajstić information content (AvgIpc) is 2.90. The standard InChI is InChI=1S/C28H36N4O4/c1-20-16-32(21(2)19-33)28(34)25-14-23(7-8-24-6-4-5-11-29-24)15-30-27(25)36-26(20)18-31(3)17-22-9-12-35-13-10-22/h4-6,11,14-15,20-22,26,33H,9-10,12-13,16-19H2,1-3H3/t20-,21+,26+/m1/s1. The van der Waals surface area contributed by atoms with E-state index in [1.54, 1.807) is 23.4 Å². The van der Waals surface area contributed by atoms with Crippen molar-refractivity contribution in [3.05, 3.63) is 53.5 Å². The number of nitrogens with zero attached hydrogens (tertiary/aromatic N) is 4. The smallest absolute Gasteiger partial charge is 0.259 e. The van der Waals surface area contributed by atoms with Gasteiger partial charge >= 0.3 is 0 Å². The van der Waals surface area contributed by atoms with Crippen LogP contribution in [0.15, 0.2) is 36.7 Å². The zero-order valence-electron chi connectivity index (χ0n) is 21.4. The maximum absolute atomic E-state index is 13.6. The minimum atomic E-state index is -0.324. The van der Waals surface area contributed by atoms with E-state index in [9.17, 15) is 9.90 Å². The molecule has 0 spiro atoms. The van der Waals surface area contributed by atoms with Crippen molar-refractivity contribution in [3.63, 3.8) is 0 Å². The van der Waals surface area contributed by atoms with E-state index in [0.717, 1.165) is 39.1 Å². The molecule has 2 aliphatic heterocycles. The lowest BCUT2D eigenvalue weighted by atomic mass is 9.97. The Morgan fingerprint density at radius 1 is 1.22 bits per heavy atom. The van der Waals surface area contributed by atoms with E-state index in [2.05, 4.69) is 40.7 Å². The van der Waals surface area contributed by atoms with Gasteiger partial charge in [0.05, 0.1) is 12.6 Å². The predicted octanol–water partition coefficient (Wildman–Crippen LogP) is 2.45. The molecule has 1 N–H and O–H groups in total. The topological polar surface area (TPSA) is 88.0 Å². The Balaban J connectivity index is 1.59. The maximum atomic E-state index is 13.6. The molecule has 3 atom stereocenters. The molecule has 4 rings (SSSR count). The molecular weight excluding hydrogens is 456 g/mol. The van der Waals surface area contributed by atoms with Gasteiger partial charge in [-0.2, -0.15) is 0 Å². The molecule has 0 aromatic carbocycles. The number of rotatable bonds is 6. The number of hydrogen-bond acceptors (Lipinski definition) is 7. The Morgan fingerprint density at radius 3 is 2.75 bits per heavy atom. The van der Waals surface area contributed by atoms with Gasteiger partial charge in [-0.1, -0.05) is 18.9 Å². The first-order chi connectivity index (χ1) is 17.4. The molecule has 1 saturated heterocycles. The van der Waals surface area contributed by atoms with Crippen molar-refractivity contribution in [2.75, 3.05) is 46.5 Å². The molecule has 2 aromatic heterocycles. The lowest BCUT2D eigenvalue weighted by molar-refractivity contribution is 0.0254. The first-order valence-electron chi connectivity index (χ1n) is 12.7. The number of aliphatic hydroxyl groups excluding tert-OH is 1. The highest BCUT2D eigenvalue weighted by Gasteiger charge is 2.34. The van der Waals surface area contributed by atoms with Crippen LogP contribution in [0, 0.1) is 23.7 Å². The minimum absolute atomic E-state index is 0.0543. The SMILES string of the molecule is C[C@@H]1CN([C@@H](C)CO)C(=O)c2cc(C#Cc3ccccn3)cnc2O[C@H]1CN(C)CC1CCOCC1. The van der Waals surface area contributed by atoms with Gasteiger partial charge in [0.1, 0.15) is 17.4 Å². The number of hydrogen-bond donors (Lipinski definition) is 1. The fourth-order valence-electron chi connectivity index (χ4n) is 4.71. The summed E-state index contributed by atoms with van der Waals surface area (Å²) in [6.45, 7) is 7.67. The largest absolute Gasteiger partial charge is 0.472 e. The fraction of sp³-hybridized carbons (Fsp3) is 0.536. The van der Waals surface area contributed by atoms with E-state index >= 15 is 0 Å². The van der Waals surface area contributed by atoms with Crippen molar-refractivity contribution in [2.24, 2.45) is 11.8 Å². The Kier molecular flexibility index (Phi) is 8.92. The van der Waals surface area contributed by atoms with Gasteiger partial charge in [-0.25, -0.2) is 9.97 Å². The van der Waals surface area contributed by atoms with Gasteiger partial charge in [-0.15, -0.1) is 0 Å². The van der Waals surface area contributed by atoms with Crippen molar-refractivity contribution in [1.29, 1.82) is 0 Å². The highest BCUT2D eigenvalue weighted by atomic mass is 16.5. The Bertz CT molecular complexity index is 1080. The number of ether oxygens (including phenoxy) is 2. The summed E-state index contributed by atoms with van der Waals surface area (Å²) in [5, 5.41) is 9.87. The second-order valence-corrected chi connectivity index (χ2v) is 9.94. The van der Waals surface area contributed by atoms with Gasteiger partial charge in [-0.3, -0.25) is 4.79 Å². The lowest BCUT2D eigenvalue weighted by Gasteiger charge is -2.38. The van der Waals surface area contributed by atoms with Crippen molar-refractivity contribution in [1.82, 2.24) is 19.8 Å². The van der Waals surface area contributed by atoms with Crippen LogP contribution in [0.1, 0.15) is 48.3 Å². The van der Waals surface area contributed by atoms with Crippen molar-refractivity contribution < 1.29 is 19.4 Å². The van der Waals surface area contributed by atoms with Gasteiger partial charge in [0.2, 0.25) is 5.88 Å². The Hall–Kier alpha value is -2.99. The van der Waals surface area contributed by atoms with Crippen LogP contribution in [-0.4, -0.2) is 89.4 Å². The second-order valence-electron chi connectivity index (χ2n) is 9.94.